The Kier molecular flexibility index (Phi) is 8.57. The summed E-state index contributed by atoms with van der Waals surface area (Å²) in [7, 11) is 0. The molecule has 0 atom stereocenters. The first-order valence-corrected chi connectivity index (χ1v) is 9.51. The summed E-state index contributed by atoms with van der Waals surface area (Å²) in [5.74, 6) is 0.207. The minimum Gasteiger partial charge on any atom is -0.353 e. The molecule has 1 aliphatic heterocycles. The van der Waals surface area contributed by atoms with E-state index >= 15 is 0 Å². The van der Waals surface area contributed by atoms with Gasteiger partial charge in [0.1, 0.15) is 0 Å². The summed E-state index contributed by atoms with van der Waals surface area (Å²) in [5, 5.41) is 3.97. The Bertz CT molecular complexity index is 484. The van der Waals surface area contributed by atoms with Gasteiger partial charge in [-0.1, -0.05) is 36.6 Å². The molecule has 0 saturated carbocycles. The fourth-order valence-corrected chi connectivity index (χ4v) is 3.29. The molecule has 1 amide bonds. The van der Waals surface area contributed by atoms with Crippen molar-refractivity contribution in [1.82, 2.24) is 10.2 Å². The second kappa shape index (κ2) is 10.7. The third kappa shape index (κ3) is 7.20. The number of nitrogens with two attached hydrogens (primary N) is 1. The van der Waals surface area contributed by atoms with Gasteiger partial charge in [-0.2, -0.15) is 0 Å². The van der Waals surface area contributed by atoms with Crippen molar-refractivity contribution in [2.24, 2.45) is 5.73 Å². The molecule has 0 aromatic heterocycles. The van der Waals surface area contributed by atoms with Crippen LogP contribution in [0.1, 0.15) is 50.5 Å². The molecule has 0 unspecified atom stereocenters. The lowest BCUT2D eigenvalue weighted by Gasteiger charge is -2.32. The van der Waals surface area contributed by atoms with Gasteiger partial charge >= 0.3 is 0 Å². The molecular weight excluding hydrogens is 322 g/mol. The van der Waals surface area contributed by atoms with E-state index in [0.29, 0.717) is 12.5 Å². The fourth-order valence-electron chi connectivity index (χ4n) is 3.17. The number of rotatable bonds is 9. The quantitative estimate of drug-likeness (QED) is 0.671. The number of carbonyl (C=O) groups excluding carboxylic acids is 1. The highest BCUT2D eigenvalue weighted by Gasteiger charge is 2.20. The number of halogens is 1. The predicted molar refractivity (Wildman–Crippen MR) is 100 cm³/mol. The Morgan fingerprint density at radius 1 is 1.12 bits per heavy atom. The van der Waals surface area contributed by atoms with Crippen LogP contribution in [-0.2, 0) is 11.3 Å². The third-order valence-corrected chi connectivity index (χ3v) is 4.88. The van der Waals surface area contributed by atoms with Gasteiger partial charge in [0.05, 0.1) is 0 Å². The lowest BCUT2D eigenvalue weighted by molar-refractivity contribution is -0.122. The molecule has 1 aromatic carbocycles. The SMILES string of the molecule is NCCCCCCC(=O)NC1CCN(Cc2ccc(Cl)cc2)CC1. The normalized spacial score (nSPS) is 16.2. The molecule has 1 saturated heterocycles. The molecular formula is C19H30ClN3O. The number of unbranched alkanes of at least 4 members (excludes halogenated alkanes) is 3. The van der Waals surface area contributed by atoms with Crippen molar-refractivity contribution in [1.29, 1.82) is 0 Å². The maximum atomic E-state index is 12.0. The van der Waals surface area contributed by atoms with Crippen LogP contribution in [0.5, 0.6) is 0 Å². The summed E-state index contributed by atoms with van der Waals surface area (Å²) >= 11 is 5.92. The van der Waals surface area contributed by atoms with Gasteiger partial charge in [0.2, 0.25) is 5.91 Å². The number of likely N-dealkylation sites (tertiary alicyclic amines) is 1. The third-order valence-electron chi connectivity index (χ3n) is 4.63. The molecule has 1 aromatic rings. The molecule has 1 fully saturated rings. The topological polar surface area (TPSA) is 58.4 Å². The Morgan fingerprint density at radius 3 is 2.46 bits per heavy atom. The first-order valence-electron chi connectivity index (χ1n) is 9.13. The van der Waals surface area contributed by atoms with Crippen molar-refractivity contribution >= 4 is 17.5 Å². The van der Waals surface area contributed by atoms with Crippen LogP contribution in [0.25, 0.3) is 0 Å². The van der Waals surface area contributed by atoms with E-state index in [0.717, 1.165) is 69.7 Å². The molecule has 0 bridgehead atoms. The minimum absolute atomic E-state index is 0.207. The van der Waals surface area contributed by atoms with Crippen LogP contribution in [0, 0.1) is 0 Å². The first-order chi connectivity index (χ1) is 11.7. The summed E-state index contributed by atoms with van der Waals surface area (Å²) in [6.45, 7) is 3.77. The summed E-state index contributed by atoms with van der Waals surface area (Å²) in [4.78, 5) is 14.4. The fraction of sp³-hybridized carbons (Fsp3) is 0.632. The number of amides is 1. The molecule has 0 aliphatic carbocycles. The van der Waals surface area contributed by atoms with Crippen molar-refractivity contribution in [3.63, 3.8) is 0 Å². The van der Waals surface area contributed by atoms with Gasteiger partial charge < -0.3 is 11.1 Å². The van der Waals surface area contributed by atoms with E-state index < -0.39 is 0 Å². The Labute approximate surface area is 150 Å². The molecule has 1 aliphatic rings. The van der Waals surface area contributed by atoms with E-state index in [9.17, 15) is 4.79 Å². The summed E-state index contributed by atoms with van der Waals surface area (Å²) in [5.41, 5.74) is 6.76. The van der Waals surface area contributed by atoms with Gasteiger partial charge in [-0.15, -0.1) is 0 Å². The monoisotopic (exact) mass is 351 g/mol. The molecule has 24 heavy (non-hydrogen) atoms. The molecule has 1 heterocycles. The molecule has 3 N–H and O–H groups in total. The van der Waals surface area contributed by atoms with Crippen LogP contribution in [-0.4, -0.2) is 36.5 Å². The van der Waals surface area contributed by atoms with Gasteiger partial charge in [-0.25, -0.2) is 0 Å². The van der Waals surface area contributed by atoms with Crippen LogP contribution in [0.3, 0.4) is 0 Å². The molecule has 5 heteroatoms. The van der Waals surface area contributed by atoms with Gasteiger partial charge in [0.15, 0.2) is 0 Å². The number of nitrogens with one attached hydrogen (secondary N) is 1. The summed E-state index contributed by atoms with van der Waals surface area (Å²) < 4.78 is 0. The van der Waals surface area contributed by atoms with Crippen molar-refractivity contribution in [3.8, 4) is 0 Å². The lowest BCUT2D eigenvalue weighted by atomic mass is 10.0. The Balaban J connectivity index is 1.60. The molecule has 2 rings (SSSR count). The smallest absolute Gasteiger partial charge is 0.220 e. The Hall–Kier alpha value is -1.10. The maximum absolute atomic E-state index is 12.0. The van der Waals surface area contributed by atoms with Crippen LogP contribution in [0.2, 0.25) is 5.02 Å². The number of carbonyl (C=O) groups is 1. The zero-order valence-electron chi connectivity index (χ0n) is 14.5. The van der Waals surface area contributed by atoms with Crippen molar-refractivity contribution < 1.29 is 4.79 Å². The molecule has 0 radical (unpaired) electrons. The second-order valence-corrected chi connectivity index (χ2v) is 7.13. The standard InChI is InChI=1S/C19H30ClN3O/c20-17-8-6-16(7-9-17)15-23-13-10-18(11-14-23)22-19(24)5-3-1-2-4-12-21/h6-9,18H,1-5,10-15,21H2,(H,22,24). The lowest BCUT2D eigenvalue weighted by Crippen LogP contribution is -2.44. The average molecular weight is 352 g/mol. The largest absolute Gasteiger partial charge is 0.353 e. The first kappa shape index (κ1) is 19.2. The van der Waals surface area contributed by atoms with Gasteiger partial charge in [0.25, 0.3) is 0 Å². The summed E-state index contributed by atoms with van der Waals surface area (Å²) in [6.07, 6.45) is 6.99. The van der Waals surface area contributed by atoms with Gasteiger partial charge in [0, 0.05) is 37.1 Å². The maximum Gasteiger partial charge on any atom is 0.220 e. The zero-order chi connectivity index (χ0) is 17.2. The van der Waals surface area contributed by atoms with E-state index in [4.69, 9.17) is 17.3 Å². The van der Waals surface area contributed by atoms with E-state index in [2.05, 4.69) is 22.3 Å². The number of nitrogens with zero attached hydrogens (tertiary/aromatic N) is 1. The van der Waals surface area contributed by atoms with Crippen LogP contribution < -0.4 is 11.1 Å². The number of piperidine rings is 1. The molecule has 134 valence electrons. The van der Waals surface area contributed by atoms with Crippen molar-refractivity contribution in [3.05, 3.63) is 34.9 Å². The van der Waals surface area contributed by atoms with Gasteiger partial charge in [-0.3, -0.25) is 9.69 Å². The highest BCUT2D eigenvalue weighted by Crippen LogP contribution is 2.16. The van der Waals surface area contributed by atoms with E-state index in [1.54, 1.807) is 0 Å². The van der Waals surface area contributed by atoms with Crippen molar-refractivity contribution in [2.45, 2.75) is 57.5 Å². The Morgan fingerprint density at radius 2 is 1.79 bits per heavy atom. The minimum atomic E-state index is 0.207. The van der Waals surface area contributed by atoms with Crippen LogP contribution in [0.15, 0.2) is 24.3 Å². The highest BCUT2D eigenvalue weighted by molar-refractivity contribution is 6.30. The highest BCUT2D eigenvalue weighted by atomic mass is 35.5. The van der Waals surface area contributed by atoms with Crippen LogP contribution >= 0.6 is 11.6 Å². The zero-order valence-corrected chi connectivity index (χ0v) is 15.2. The van der Waals surface area contributed by atoms with Gasteiger partial charge in [-0.05, 0) is 49.9 Å². The second-order valence-electron chi connectivity index (χ2n) is 6.70. The summed E-state index contributed by atoms with van der Waals surface area (Å²) in [6, 6.07) is 8.39. The van der Waals surface area contributed by atoms with E-state index in [-0.39, 0.29) is 5.91 Å². The molecule has 0 spiro atoms. The number of hydrogen-bond donors (Lipinski definition) is 2. The van der Waals surface area contributed by atoms with E-state index in [1.807, 2.05) is 12.1 Å². The predicted octanol–water partition coefficient (Wildman–Crippen LogP) is 3.33. The van der Waals surface area contributed by atoms with E-state index in [1.165, 1.54) is 5.56 Å². The van der Waals surface area contributed by atoms with Crippen molar-refractivity contribution in [2.75, 3.05) is 19.6 Å². The number of benzene rings is 1. The van der Waals surface area contributed by atoms with Crippen LogP contribution in [0.4, 0.5) is 0 Å². The average Bonchev–Trinajstić information content (AvgIpc) is 2.58. The molecule has 4 nitrogen and oxygen atoms in total. The number of hydrogen-bond acceptors (Lipinski definition) is 3.